The SMILES string of the molecule is CSCCCNC(=O)c1csc(-c2csc(CCNC(=O)CCC(=O)N3C[C@@H](CCl)c4c3cc(O)c3ccccc43)n2)n1. The zero-order valence-electron chi connectivity index (χ0n) is 23.6. The van der Waals surface area contributed by atoms with Crippen molar-refractivity contribution in [3.8, 4) is 16.5 Å². The highest BCUT2D eigenvalue weighted by Crippen LogP contribution is 2.45. The number of fused-ring (bicyclic) bond motifs is 3. The number of thiazole rings is 2. The van der Waals surface area contributed by atoms with Crippen LogP contribution in [0.2, 0.25) is 0 Å². The number of aromatic hydroxyl groups is 1. The van der Waals surface area contributed by atoms with Gasteiger partial charge in [-0.3, -0.25) is 14.4 Å². The third-order valence-electron chi connectivity index (χ3n) is 7.18. The summed E-state index contributed by atoms with van der Waals surface area (Å²) in [4.78, 5) is 48.7. The lowest BCUT2D eigenvalue weighted by molar-refractivity contribution is -0.125. The summed E-state index contributed by atoms with van der Waals surface area (Å²) in [5, 5.41) is 23.1. The Morgan fingerprint density at radius 3 is 2.70 bits per heavy atom. The number of alkyl halides is 1. The Bertz CT molecular complexity index is 1620. The van der Waals surface area contributed by atoms with E-state index in [1.807, 2.05) is 35.9 Å². The van der Waals surface area contributed by atoms with E-state index in [-0.39, 0.29) is 42.2 Å². The van der Waals surface area contributed by atoms with Gasteiger partial charge in [-0.25, -0.2) is 9.97 Å². The highest BCUT2D eigenvalue weighted by molar-refractivity contribution is 7.98. The molecule has 2 aromatic carbocycles. The molecule has 3 amide bonds. The van der Waals surface area contributed by atoms with Gasteiger partial charge in [-0.05, 0) is 29.4 Å². The van der Waals surface area contributed by atoms with Crippen molar-refractivity contribution in [3.05, 3.63) is 57.4 Å². The number of halogens is 1. The molecule has 1 aliphatic rings. The second kappa shape index (κ2) is 14.5. The third-order valence-corrected chi connectivity index (χ3v) is 10.0. The Morgan fingerprint density at radius 1 is 1.09 bits per heavy atom. The van der Waals surface area contributed by atoms with Crippen molar-refractivity contribution in [3.63, 3.8) is 0 Å². The zero-order chi connectivity index (χ0) is 30.3. The van der Waals surface area contributed by atoms with Crippen LogP contribution in [0.3, 0.4) is 0 Å². The first-order valence-electron chi connectivity index (χ1n) is 13.9. The molecule has 4 aromatic rings. The Hall–Kier alpha value is -3.19. The van der Waals surface area contributed by atoms with E-state index in [4.69, 9.17) is 11.6 Å². The lowest BCUT2D eigenvalue weighted by Crippen LogP contribution is -2.32. The lowest BCUT2D eigenvalue weighted by Gasteiger charge is -2.18. The summed E-state index contributed by atoms with van der Waals surface area (Å²) >= 11 is 10.9. The molecule has 1 atom stereocenters. The van der Waals surface area contributed by atoms with Gasteiger partial charge in [0.2, 0.25) is 11.8 Å². The molecule has 0 bridgehead atoms. The topological polar surface area (TPSA) is 125 Å². The average molecular weight is 658 g/mol. The number of thioether (sulfide) groups is 1. The van der Waals surface area contributed by atoms with Gasteiger partial charge in [-0.15, -0.1) is 34.3 Å². The van der Waals surface area contributed by atoms with Crippen LogP contribution in [0, 0.1) is 0 Å². The van der Waals surface area contributed by atoms with Crippen LogP contribution in [0.25, 0.3) is 21.5 Å². The molecule has 226 valence electrons. The molecule has 5 rings (SSSR count). The molecule has 9 nitrogen and oxygen atoms in total. The fourth-order valence-corrected chi connectivity index (χ4v) is 7.37. The zero-order valence-corrected chi connectivity index (χ0v) is 26.8. The van der Waals surface area contributed by atoms with Gasteiger partial charge in [0.15, 0.2) is 0 Å². The van der Waals surface area contributed by atoms with Crippen LogP contribution >= 0.6 is 46.0 Å². The molecule has 3 N–H and O–H groups in total. The van der Waals surface area contributed by atoms with Crippen LogP contribution in [0.15, 0.2) is 41.1 Å². The van der Waals surface area contributed by atoms with Gasteiger partial charge in [0.05, 0.1) is 10.7 Å². The number of anilines is 1. The highest BCUT2D eigenvalue weighted by atomic mass is 35.5. The first-order chi connectivity index (χ1) is 20.9. The van der Waals surface area contributed by atoms with Crippen molar-refractivity contribution >= 4 is 80.2 Å². The maximum atomic E-state index is 13.2. The predicted molar refractivity (Wildman–Crippen MR) is 176 cm³/mol. The van der Waals surface area contributed by atoms with E-state index in [1.165, 1.54) is 22.7 Å². The van der Waals surface area contributed by atoms with E-state index in [0.717, 1.165) is 33.5 Å². The fourth-order valence-electron chi connectivity index (χ4n) is 5.07. The largest absolute Gasteiger partial charge is 0.507 e. The summed E-state index contributed by atoms with van der Waals surface area (Å²) in [6, 6.07) is 9.17. The normalized spacial score (nSPS) is 14.2. The standard InChI is InChI=1S/C30H32ClN5O4S3/c1-41-12-4-10-33-29(40)21-16-43-30(35-21)22-17-42-26(34-22)9-11-32-25(38)7-8-27(39)36-15-18(14-31)28-20-6-3-2-5-19(20)24(37)13-23(28)36/h2-3,5-6,13,16-18,37H,4,7-12,14-15H2,1H3,(H,32,38)(H,33,40)/t18-/m1/s1. The summed E-state index contributed by atoms with van der Waals surface area (Å²) in [6.07, 6.45) is 3.60. The third kappa shape index (κ3) is 7.31. The van der Waals surface area contributed by atoms with Gasteiger partial charge in [-0.2, -0.15) is 11.8 Å². The number of benzene rings is 2. The molecular weight excluding hydrogens is 626 g/mol. The molecule has 0 fully saturated rings. The Labute approximate surface area is 267 Å². The first kappa shape index (κ1) is 31.2. The fraction of sp³-hybridized carbons (Fsp3) is 0.367. The van der Waals surface area contributed by atoms with Crippen molar-refractivity contribution in [2.24, 2.45) is 0 Å². The van der Waals surface area contributed by atoms with Gasteiger partial charge in [-0.1, -0.05) is 24.3 Å². The van der Waals surface area contributed by atoms with E-state index >= 15 is 0 Å². The number of nitrogens with zero attached hydrogens (tertiary/aromatic N) is 3. The minimum absolute atomic E-state index is 0.0484. The molecule has 0 radical (unpaired) electrons. The molecule has 43 heavy (non-hydrogen) atoms. The highest BCUT2D eigenvalue weighted by Gasteiger charge is 2.34. The van der Waals surface area contributed by atoms with Crippen LogP contribution in [-0.2, 0) is 16.0 Å². The number of aromatic nitrogens is 2. The maximum Gasteiger partial charge on any atom is 0.270 e. The number of amides is 3. The number of hydrogen-bond acceptors (Lipinski definition) is 9. The van der Waals surface area contributed by atoms with Crippen LogP contribution in [0.4, 0.5) is 5.69 Å². The second-order valence-electron chi connectivity index (χ2n) is 10.1. The van der Waals surface area contributed by atoms with E-state index in [0.29, 0.717) is 54.0 Å². The van der Waals surface area contributed by atoms with Gasteiger partial charge < -0.3 is 20.6 Å². The lowest BCUT2D eigenvalue weighted by atomic mass is 9.95. The van der Waals surface area contributed by atoms with E-state index in [1.54, 1.807) is 28.1 Å². The molecule has 1 aliphatic heterocycles. The van der Waals surface area contributed by atoms with Crippen molar-refractivity contribution in [1.82, 2.24) is 20.6 Å². The molecule has 0 unspecified atom stereocenters. The van der Waals surface area contributed by atoms with E-state index in [9.17, 15) is 19.5 Å². The summed E-state index contributed by atoms with van der Waals surface area (Å²) in [7, 11) is 0. The van der Waals surface area contributed by atoms with Crippen molar-refractivity contribution in [2.45, 2.75) is 31.6 Å². The number of rotatable bonds is 13. The van der Waals surface area contributed by atoms with Crippen LogP contribution in [0.1, 0.15) is 46.2 Å². The first-order valence-corrected chi connectivity index (χ1v) is 17.6. The molecule has 0 aliphatic carbocycles. The smallest absolute Gasteiger partial charge is 0.270 e. The van der Waals surface area contributed by atoms with E-state index in [2.05, 4.69) is 20.6 Å². The number of hydrogen-bond donors (Lipinski definition) is 3. The number of phenols is 1. The summed E-state index contributed by atoms with van der Waals surface area (Å²) in [6.45, 7) is 1.43. The quantitative estimate of drug-likeness (QED) is 0.130. The van der Waals surface area contributed by atoms with Crippen LogP contribution in [0.5, 0.6) is 5.75 Å². The van der Waals surface area contributed by atoms with Crippen LogP contribution < -0.4 is 15.5 Å². The van der Waals surface area contributed by atoms with Crippen molar-refractivity contribution in [1.29, 1.82) is 0 Å². The van der Waals surface area contributed by atoms with Gasteiger partial charge in [0.1, 0.15) is 22.1 Å². The molecule has 0 saturated heterocycles. The molecule has 3 heterocycles. The Balaban J connectivity index is 1.09. The summed E-state index contributed by atoms with van der Waals surface area (Å²) < 4.78 is 0. The monoisotopic (exact) mass is 657 g/mol. The van der Waals surface area contributed by atoms with Gasteiger partial charge >= 0.3 is 0 Å². The number of nitrogens with one attached hydrogen (secondary N) is 2. The molecule has 0 spiro atoms. The predicted octanol–water partition coefficient (Wildman–Crippen LogP) is 5.42. The summed E-state index contributed by atoms with van der Waals surface area (Å²) in [5.41, 5.74) is 2.72. The van der Waals surface area contributed by atoms with Crippen molar-refractivity contribution < 1.29 is 19.5 Å². The van der Waals surface area contributed by atoms with Crippen LogP contribution in [-0.4, -0.2) is 70.3 Å². The Morgan fingerprint density at radius 2 is 1.91 bits per heavy atom. The Kier molecular flexibility index (Phi) is 10.6. The molecule has 13 heteroatoms. The maximum absolute atomic E-state index is 13.2. The minimum atomic E-state index is -0.215. The minimum Gasteiger partial charge on any atom is -0.507 e. The summed E-state index contributed by atoms with van der Waals surface area (Å²) in [5.74, 6) is 0.833. The van der Waals surface area contributed by atoms with Gasteiger partial charge in [0, 0.05) is 72.9 Å². The second-order valence-corrected chi connectivity index (χ2v) is 13.2. The molecule has 0 saturated carbocycles. The number of phenolic OH excluding ortho intramolecular Hbond substituents is 1. The van der Waals surface area contributed by atoms with E-state index < -0.39 is 0 Å². The average Bonchev–Trinajstić information content (AvgIpc) is 3.77. The number of carbonyl (C=O) groups excluding carboxylic acids is 3. The van der Waals surface area contributed by atoms with Crippen molar-refractivity contribution in [2.75, 3.05) is 42.4 Å². The molecular formula is C30H32ClN5O4S3. The molecule has 2 aromatic heterocycles. The number of carbonyl (C=O) groups is 3. The van der Waals surface area contributed by atoms with Gasteiger partial charge in [0.25, 0.3) is 5.91 Å².